The number of unbranched alkanes of at least 4 members (excludes halogenated alkanes) is 4. The number of hydrogen-bond acceptors (Lipinski definition) is 2. The molecule has 1 aliphatic rings. The summed E-state index contributed by atoms with van der Waals surface area (Å²) in [5, 5.41) is 0. The fourth-order valence-corrected chi connectivity index (χ4v) is 3.39. The van der Waals surface area contributed by atoms with Crippen LogP contribution in [-0.4, -0.2) is 18.2 Å². The molecule has 1 atom stereocenters. The normalized spacial score (nSPS) is 29.4. The number of rotatable bonds is 9. The first-order chi connectivity index (χ1) is 9.14. The van der Waals surface area contributed by atoms with E-state index in [1.807, 2.05) is 0 Å². The average molecular weight is 269 g/mol. The van der Waals surface area contributed by atoms with Crippen molar-refractivity contribution in [2.75, 3.05) is 6.61 Å². The summed E-state index contributed by atoms with van der Waals surface area (Å²) in [6.07, 6.45) is 12.7. The summed E-state index contributed by atoms with van der Waals surface area (Å²) < 4.78 is 6.13. The molecular formula is C17H35NO. The maximum atomic E-state index is 6.50. The zero-order chi connectivity index (χ0) is 14.1. The molecule has 0 radical (unpaired) electrons. The van der Waals surface area contributed by atoms with Crippen molar-refractivity contribution in [3.05, 3.63) is 0 Å². The summed E-state index contributed by atoms with van der Waals surface area (Å²) in [7, 11) is 0. The molecule has 1 unspecified atom stereocenters. The zero-order valence-electron chi connectivity index (χ0n) is 13.4. The van der Waals surface area contributed by atoms with E-state index >= 15 is 0 Å². The summed E-state index contributed by atoms with van der Waals surface area (Å²) in [5.74, 6) is 0.852. The predicted octanol–water partition coefficient (Wildman–Crippen LogP) is 4.66. The molecule has 0 amide bonds. The van der Waals surface area contributed by atoms with Crippen LogP contribution in [0.3, 0.4) is 0 Å². The second-order valence-corrected chi connectivity index (χ2v) is 6.49. The predicted molar refractivity (Wildman–Crippen MR) is 83.3 cm³/mol. The van der Waals surface area contributed by atoms with Gasteiger partial charge in [0.2, 0.25) is 0 Å². The minimum atomic E-state index is -0.00792. The van der Waals surface area contributed by atoms with E-state index < -0.39 is 0 Å². The van der Waals surface area contributed by atoms with Crippen LogP contribution >= 0.6 is 0 Å². The molecule has 0 aromatic heterocycles. The lowest BCUT2D eigenvalue weighted by Gasteiger charge is -2.43. The van der Waals surface area contributed by atoms with Gasteiger partial charge in [0.25, 0.3) is 0 Å². The fraction of sp³-hybridized carbons (Fsp3) is 1.00. The average Bonchev–Trinajstić information content (AvgIpc) is 2.41. The Labute approximate surface area is 120 Å². The van der Waals surface area contributed by atoms with Crippen LogP contribution in [0, 0.1) is 5.92 Å². The number of nitrogens with two attached hydrogens (primary N) is 1. The van der Waals surface area contributed by atoms with Crippen molar-refractivity contribution in [3.63, 3.8) is 0 Å². The Kier molecular flexibility index (Phi) is 8.01. The highest BCUT2D eigenvalue weighted by Gasteiger charge is 2.39. The van der Waals surface area contributed by atoms with Crippen LogP contribution in [0.5, 0.6) is 0 Å². The molecule has 1 fully saturated rings. The van der Waals surface area contributed by atoms with Crippen molar-refractivity contribution in [1.29, 1.82) is 0 Å². The third-order valence-corrected chi connectivity index (χ3v) is 4.85. The molecule has 0 bridgehead atoms. The van der Waals surface area contributed by atoms with Crippen LogP contribution in [0.25, 0.3) is 0 Å². The quantitative estimate of drug-likeness (QED) is 0.618. The maximum absolute atomic E-state index is 6.50. The van der Waals surface area contributed by atoms with Gasteiger partial charge >= 0.3 is 0 Å². The van der Waals surface area contributed by atoms with Crippen LogP contribution in [0.1, 0.15) is 85.0 Å². The molecule has 0 saturated heterocycles. The van der Waals surface area contributed by atoms with Crippen LogP contribution < -0.4 is 5.73 Å². The highest BCUT2D eigenvalue weighted by atomic mass is 16.5. The smallest absolute Gasteiger partial charge is 0.0832 e. The minimum absolute atomic E-state index is 0.00792. The van der Waals surface area contributed by atoms with Gasteiger partial charge in [-0.2, -0.15) is 0 Å². The van der Waals surface area contributed by atoms with Crippen molar-refractivity contribution in [2.45, 2.75) is 96.6 Å². The number of hydrogen-bond donors (Lipinski definition) is 1. The van der Waals surface area contributed by atoms with Crippen molar-refractivity contribution in [1.82, 2.24) is 0 Å². The van der Waals surface area contributed by atoms with Gasteiger partial charge in [-0.05, 0) is 44.9 Å². The Hall–Kier alpha value is -0.0800. The number of ether oxygens (including phenoxy) is 1. The van der Waals surface area contributed by atoms with Crippen molar-refractivity contribution in [2.24, 2.45) is 11.7 Å². The molecule has 19 heavy (non-hydrogen) atoms. The van der Waals surface area contributed by atoms with E-state index in [1.54, 1.807) is 0 Å². The molecule has 0 heterocycles. The largest absolute Gasteiger partial charge is 0.374 e. The molecule has 2 N–H and O–H groups in total. The molecule has 1 aliphatic carbocycles. The molecule has 0 aromatic rings. The third-order valence-electron chi connectivity index (χ3n) is 4.85. The lowest BCUT2D eigenvalue weighted by Crippen LogP contribution is -2.52. The lowest BCUT2D eigenvalue weighted by molar-refractivity contribution is -0.0902. The van der Waals surface area contributed by atoms with E-state index in [2.05, 4.69) is 20.8 Å². The SMILES string of the molecule is CCCCCCCC(N)C1(OCC)CCC(C)CC1. The second-order valence-electron chi connectivity index (χ2n) is 6.49. The standard InChI is InChI=1S/C17H35NO/c1-4-6-7-8-9-10-16(18)17(19-5-2)13-11-15(3)12-14-17/h15-16H,4-14,18H2,1-3H3. The Morgan fingerprint density at radius 1 is 1.11 bits per heavy atom. The first-order valence-electron chi connectivity index (χ1n) is 8.54. The first-order valence-corrected chi connectivity index (χ1v) is 8.54. The summed E-state index contributed by atoms with van der Waals surface area (Å²) in [6.45, 7) is 7.52. The summed E-state index contributed by atoms with van der Waals surface area (Å²) in [5.41, 5.74) is 6.50. The van der Waals surface area contributed by atoms with Gasteiger partial charge in [0.1, 0.15) is 0 Å². The summed E-state index contributed by atoms with van der Waals surface area (Å²) in [4.78, 5) is 0. The van der Waals surface area contributed by atoms with Crippen molar-refractivity contribution >= 4 is 0 Å². The first kappa shape index (κ1) is 17.0. The van der Waals surface area contributed by atoms with E-state index in [9.17, 15) is 0 Å². The Balaban J connectivity index is 2.37. The second kappa shape index (κ2) is 8.97. The summed E-state index contributed by atoms with van der Waals surface area (Å²) >= 11 is 0. The van der Waals surface area contributed by atoms with Gasteiger partial charge in [-0.3, -0.25) is 0 Å². The Bertz CT molecular complexity index is 221. The monoisotopic (exact) mass is 269 g/mol. The molecular weight excluding hydrogens is 234 g/mol. The van der Waals surface area contributed by atoms with Crippen molar-refractivity contribution < 1.29 is 4.74 Å². The molecule has 1 saturated carbocycles. The highest BCUT2D eigenvalue weighted by Crippen LogP contribution is 2.38. The van der Waals surface area contributed by atoms with Crippen LogP contribution in [-0.2, 0) is 4.74 Å². The van der Waals surface area contributed by atoms with E-state index in [1.165, 1.54) is 44.9 Å². The summed E-state index contributed by atoms with van der Waals surface area (Å²) in [6, 6.07) is 0.238. The Morgan fingerprint density at radius 3 is 2.32 bits per heavy atom. The van der Waals surface area contributed by atoms with E-state index in [0.717, 1.165) is 31.8 Å². The van der Waals surface area contributed by atoms with Crippen LogP contribution in [0.15, 0.2) is 0 Å². The zero-order valence-corrected chi connectivity index (χ0v) is 13.4. The van der Waals surface area contributed by atoms with Crippen LogP contribution in [0.4, 0.5) is 0 Å². The fourth-order valence-electron chi connectivity index (χ4n) is 3.39. The Morgan fingerprint density at radius 2 is 1.74 bits per heavy atom. The van der Waals surface area contributed by atoms with Crippen LogP contribution in [0.2, 0.25) is 0 Å². The molecule has 1 rings (SSSR count). The van der Waals surface area contributed by atoms with Gasteiger partial charge in [-0.25, -0.2) is 0 Å². The van der Waals surface area contributed by atoms with Gasteiger partial charge < -0.3 is 10.5 Å². The lowest BCUT2D eigenvalue weighted by atomic mass is 9.74. The molecule has 114 valence electrons. The van der Waals surface area contributed by atoms with Gasteiger partial charge in [0.15, 0.2) is 0 Å². The molecule has 0 spiro atoms. The highest BCUT2D eigenvalue weighted by molar-refractivity contribution is 4.94. The topological polar surface area (TPSA) is 35.2 Å². The third kappa shape index (κ3) is 5.43. The minimum Gasteiger partial charge on any atom is -0.374 e. The molecule has 2 nitrogen and oxygen atoms in total. The van der Waals surface area contributed by atoms with Gasteiger partial charge in [-0.1, -0.05) is 46.0 Å². The molecule has 2 heteroatoms. The van der Waals surface area contributed by atoms with Gasteiger partial charge in [-0.15, -0.1) is 0 Å². The molecule has 0 aliphatic heterocycles. The van der Waals surface area contributed by atoms with Gasteiger partial charge in [0.05, 0.1) is 5.60 Å². The van der Waals surface area contributed by atoms with Gasteiger partial charge in [0, 0.05) is 12.6 Å². The van der Waals surface area contributed by atoms with E-state index in [-0.39, 0.29) is 11.6 Å². The maximum Gasteiger partial charge on any atom is 0.0832 e. The molecule has 0 aromatic carbocycles. The van der Waals surface area contributed by atoms with Crippen molar-refractivity contribution in [3.8, 4) is 0 Å². The van der Waals surface area contributed by atoms with E-state index in [4.69, 9.17) is 10.5 Å². The van der Waals surface area contributed by atoms with E-state index in [0.29, 0.717) is 0 Å².